The Morgan fingerprint density at radius 1 is 1.38 bits per heavy atom. The van der Waals surface area contributed by atoms with Crippen LogP contribution in [0.25, 0.3) is 11.3 Å². The molecule has 0 radical (unpaired) electrons. The third-order valence-electron chi connectivity index (χ3n) is 3.68. The highest BCUT2D eigenvalue weighted by Gasteiger charge is 2.31. The van der Waals surface area contributed by atoms with Crippen LogP contribution in [0, 0.1) is 0 Å². The summed E-state index contributed by atoms with van der Waals surface area (Å²) < 4.78 is 30.0. The Hall–Kier alpha value is -2.02. The maximum Gasteiger partial charge on any atom is 0.152 e. The molecule has 21 heavy (non-hydrogen) atoms. The molecule has 6 nitrogen and oxygen atoms in total. The van der Waals surface area contributed by atoms with Crippen molar-refractivity contribution in [2.45, 2.75) is 12.5 Å². The number of rotatable bonds is 3. The van der Waals surface area contributed by atoms with Crippen molar-refractivity contribution in [3.05, 3.63) is 30.3 Å². The number of nitrogens with two attached hydrogens (primary N) is 1. The van der Waals surface area contributed by atoms with Crippen LogP contribution >= 0.6 is 0 Å². The van der Waals surface area contributed by atoms with E-state index < -0.39 is 9.84 Å². The van der Waals surface area contributed by atoms with Crippen molar-refractivity contribution in [3.8, 4) is 17.0 Å². The highest BCUT2D eigenvalue weighted by molar-refractivity contribution is 7.91. The molecule has 0 amide bonds. The summed E-state index contributed by atoms with van der Waals surface area (Å²) in [6, 6.07) is 9.11. The topological polar surface area (TPSA) is 87.2 Å². The molecule has 1 aliphatic heterocycles. The first-order valence-corrected chi connectivity index (χ1v) is 8.50. The summed E-state index contributed by atoms with van der Waals surface area (Å²) in [6.45, 7) is 0. The molecule has 0 spiro atoms. The summed E-state index contributed by atoms with van der Waals surface area (Å²) in [5.41, 5.74) is 7.60. The molecular weight excluding hydrogens is 290 g/mol. The molecule has 1 aliphatic rings. The molecular formula is C14H17N3O3S. The minimum atomic E-state index is -2.96. The zero-order chi connectivity index (χ0) is 15.0. The van der Waals surface area contributed by atoms with Gasteiger partial charge in [-0.2, -0.15) is 5.10 Å². The molecule has 3 rings (SSSR count). The zero-order valence-corrected chi connectivity index (χ0v) is 12.5. The van der Waals surface area contributed by atoms with Crippen LogP contribution in [0.5, 0.6) is 5.75 Å². The molecule has 1 aromatic carbocycles. The molecule has 0 saturated carbocycles. The third-order valence-corrected chi connectivity index (χ3v) is 5.43. The molecule has 0 bridgehead atoms. The van der Waals surface area contributed by atoms with Crippen molar-refractivity contribution in [3.63, 3.8) is 0 Å². The van der Waals surface area contributed by atoms with Crippen LogP contribution in [0.3, 0.4) is 0 Å². The number of nitrogens with zero attached hydrogens (tertiary/aromatic N) is 2. The summed E-state index contributed by atoms with van der Waals surface area (Å²) in [6.07, 6.45) is 0.561. The van der Waals surface area contributed by atoms with Gasteiger partial charge in [-0.25, -0.2) is 13.1 Å². The van der Waals surface area contributed by atoms with Crippen molar-refractivity contribution < 1.29 is 13.2 Å². The molecule has 1 aromatic heterocycles. The zero-order valence-electron chi connectivity index (χ0n) is 11.7. The number of nitrogen functional groups attached to an aromatic ring is 1. The van der Waals surface area contributed by atoms with Crippen molar-refractivity contribution in [1.82, 2.24) is 9.78 Å². The van der Waals surface area contributed by atoms with Gasteiger partial charge >= 0.3 is 0 Å². The largest absolute Gasteiger partial charge is 0.497 e. The number of methoxy groups -OCH3 is 1. The fraction of sp³-hybridized carbons (Fsp3) is 0.357. The summed E-state index contributed by atoms with van der Waals surface area (Å²) >= 11 is 0. The van der Waals surface area contributed by atoms with E-state index in [2.05, 4.69) is 5.10 Å². The number of sulfone groups is 1. The first-order valence-electron chi connectivity index (χ1n) is 6.68. The van der Waals surface area contributed by atoms with E-state index in [0.717, 1.165) is 17.0 Å². The molecule has 0 aliphatic carbocycles. The van der Waals surface area contributed by atoms with Gasteiger partial charge < -0.3 is 10.5 Å². The van der Waals surface area contributed by atoms with Crippen LogP contribution in [0.4, 0.5) is 5.82 Å². The minimum absolute atomic E-state index is 0.108. The molecule has 7 heteroatoms. The predicted octanol–water partition coefficient (Wildman–Crippen LogP) is 1.50. The Morgan fingerprint density at radius 2 is 2.19 bits per heavy atom. The monoisotopic (exact) mass is 307 g/mol. The molecule has 1 atom stereocenters. The number of ether oxygens (including phenoxy) is 1. The molecule has 2 N–H and O–H groups in total. The quantitative estimate of drug-likeness (QED) is 0.928. The molecule has 112 valence electrons. The van der Waals surface area contributed by atoms with Gasteiger partial charge in [0.05, 0.1) is 30.4 Å². The SMILES string of the molecule is COc1cccc(-c2cc(N)n(C3CCS(=O)(=O)C3)n2)c1. The van der Waals surface area contributed by atoms with Crippen LogP contribution in [0.15, 0.2) is 30.3 Å². The number of benzene rings is 1. The fourth-order valence-corrected chi connectivity index (χ4v) is 4.29. The molecule has 1 saturated heterocycles. The van der Waals surface area contributed by atoms with E-state index in [0.29, 0.717) is 12.2 Å². The fourth-order valence-electron chi connectivity index (χ4n) is 2.59. The summed E-state index contributed by atoms with van der Waals surface area (Å²) in [5, 5.41) is 4.47. The van der Waals surface area contributed by atoms with Crippen molar-refractivity contribution in [2.75, 3.05) is 24.3 Å². The van der Waals surface area contributed by atoms with Gasteiger partial charge in [0, 0.05) is 11.6 Å². The summed E-state index contributed by atoms with van der Waals surface area (Å²) in [7, 11) is -1.36. The maximum atomic E-state index is 11.6. The van der Waals surface area contributed by atoms with Gasteiger partial charge in [-0.1, -0.05) is 12.1 Å². The molecule has 2 aromatic rings. The van der Waals surface area contributed by atoms with E-state index in [9.17, 15) is 8.42 Å². The highest BCUT2D eigenvalue weighted by atomic mass is 32.2. The third kappa shape index (κ3) is 2.73. The second-order valence-electron chi connectivity index (χ2n) is 5.19. The van der Waals surface area contributed by atoms with Gasteiger partial charge in [0.2, 0.25) is 0 Å². The Labute approximate surface area is 123 Å². The minimum Gasteiger partial charge on any atom is -0.497 e. The van der Waals surface area contributed by atoms with E-state index in [1.54, 1.807) is 17.9 Å². The first kappa shape index (κ1) is 13.9. The molecule has 1 fully saturated rings. The second-order valence-corrected chi connectivity index (χ2v) is 7.42. The van der Waals surface area contributed by atoms with Gasteiger partial charge in [-0.05, 0) is 18.6 Å². The van der Waals surface area contributed by atoms with Crippen molar-refractivity contribution >= 4 is 15.7 Å². The van der Waals surface area contributed by atoms with Crippen LogP contribution < -0.4 is 10.5 Å². The van der Waals surface area contributed by atoms with E-state index in [1.807, 2.05) is 24.3 Å². The lowest BCUT2D eigenvalue weighted by molar-refractivity contribution is 0.415. The lowest BCUT2D eigenvalue weighted by Gasteiger charge is -2.10. The van der Waals surface area contributed by atoms with Gasteiger partial charge in [-0.3, -0.25) is 0 Å². The lowest BCUT2D eigenvalue weighted by Crippen LogP contribution is -2.14. The first-order chi connectivity index (χ1) is 9.98. The van der Waals surface area contributed by atoms with Crippen LogP contribution in [0.1, 0.15) is 12.5 Å². The predicted molar refractivity (Wildman–Crippen MR) is 80.9 cm³/mol. The second kappa shape index (κ2) is 5.07. The van der Waals surface area contributed by atoms with E-state index >= 15 is 0 Å². The van der Waals surface area contributed by atoms with Crippen LogP contribution in [-0.4, -0.2) is 36.8 Å². The normalized spacial score (nSPS) is 20.5. The summed E-state index contributed by atoms with van der Waals surface area (Å²) in [5.74, 6) is 1.53. The van der Waals surface area contributed by atoms with Crippen molar-refractivity contribution in [1.29, 1.82) is 0 Å². The Balaban J connectivity index is 1.94. The number of hydrogen-bond acceptors (Lipinski definition) is 5. The highest BCUT2D eigenvalue weighted by Crippen LogP contribution is 2.29. The standard InChI is InChI=1S/C14H17N3O3S/c1-20-12-4-2-3-10(7-12)13-8-14(15)17(16-13)11-5-6-21(18,19)9-11/h2-4,7-8,11H,5-6,9,15H2,1H3. The number of aromatic nitrogens is 2. The van der Waals surface area contributed by atoms with Crippen LogP contribution in [-0.2, 0) is 9.84 Å². The van der Waals surface area contributed by atoms with Crippen LogP contribution in [0.2, 0.25) is 0 Å². The number of hydrogen-bond donors (Lipinski definition) is 1. The van der Waals surface area contributed by atoms with Gasteiger partial charge in [-0.15, -0.1) is 0 Å². The van der Waals surface area contributed by atoms with Gasteiger partial charge in [0.25, 0.3) is 0 Å². The van der Waals surface area contributed by atoms with Gasteiger partial charge in [0.1, 0.15) is 11.6 Å². The summed E-state index contributed by atoms with van der Waals surface area (Å²) in [4.78, 5) is 0. The number of anilines is 1. The van der Waals surface area contributed by atoms with Crippen molar-refractivity contribution in [2.24, 2.45) is 0 Å². The molecule has 2 heterocycles. The smallest absolute Gasteiger partial charge is 0.152 e. The average molecular weight is 307 g/mol. The van der Waals surface area contributed by atoms with Gasteiger partial charge in [0.15, 0.2) is 9.84 Å². The maximum absolute atomic E-state index is 11.6. The van der Waals surface area contributed by atoms with E-state index in [-0.39, 0.29) is 17.5 Å². The lowest BCUT2D eigenvalue weighted by atomic mass is 10.1. The van der Waals surface area contributed by atoms with E-state index in [4.69, 9.17) is 10.5 Å². The Bertz CT molecular complexity index is 768. The van der Waals surface area contributed by atoms with E-state index in [1.165, 1.54) is 0 Å². The Morgan fingerprint density at radius 3 is 2.86 bits per heavy atom. The average Bonchev–Trinajstić information content (AvgIpc) is 3.01. The Kier molecular flexibility index (Phi) is 3.36. The molecule has 1 unspecified atom stereocenters.